The molecule has 1 aliphatic rings. The molecule has 0 radical (unpaired) electrons. The molecule has 2 aromatic rings. The second-order valence-corrected chi connectivity index (χ2v) is 6.53. The van der Waals surface area contributed by atoms with Gasteiger partial charge in [-0.05, 0) is 36.2 Å². The van der Waals surface area contributed by atoms with Crippen molar-refractivity contribution in [2.45, 2.75) is 19.6 Å². The Morgan fingerprint density at radius 2 is 2.04 bits per heavy atom. The summed E-state index contributed by atoms with van der Waals surface area (Å²) in [6, 6.07) is 13.3. The van der Waals surface area contributed by atoms with Crippen LogP contribution < -0.4 is 10.6 Å². The number of carbonyl (C=O) groups excluding carboxylic acids is 1. The summed E-state index contributed by atoms with van der Waals surface area (Å²) in [5, 5.41) is 8.65. The van der Waals surface area contributed by atoms with Crippen molar-refractivity contribution in [1.82, 2.24) is 10.6 Å². The summed E-state index contributed by atoms with van der Waals surface area (Å²) >= 11 is 6.79. The molecule has 23 heavy (non-hydrogen) atoms. The smallest absolute Gasteiger partial charge is 0.338 e. The summed E-state index contributed by atoms with van der Waals surface area (Å²) in [7, 11) is 0. The number of benzene rings is 1. The van der Waals surface area contributed by atoms with Crippen LogP contribution in [-0.4, -0.2) is 11.1 Å². The van der Waals surface area contributed by atoms with E-state index in [1.54, 1.807) is 11.3 Å². The first kappa shape index (κ1) is 15.7. The van der Waals surface area contributed by atoms with E-state index in [9.17, 15) is 4.79 Å². The van der Waals surface area contributed by atoms with Gasteiger partial charge in [0.2, 0.25) is 0 Å². The Kier molecular flexibility index (Phi) is 4.73. The third kappa shape index (κ3) is 3.60. The summed E-state index contributed by atoms with van der Waals surface area (Å²) < 4.78 is 5.49. The molecule has 3 rings (SSSR count). The van der Waals surface area contributed by atoms with Crippen LogP contribution in [0.1, 0.15) is 23.4 Å². The largest absolute Gasteiger partial charge is 0.457 e. The summed E-state index contributed by atoms with van der Waals surface area (Å²) in [5.41, 5.74) is 2.25. The van der Waals surface area contributed by atoms with Crippen LogP contribution in [-0.2, 0) is 16.1 Å². The maximum absolute atomic E-state index is 12.6. The van der Waals surface area contributed by atoms with E-state index in [0.29, 0.717) is 10.7 Å². The number of esters is 1. The SMILES string of the molecule is CC1=C(C(=O)OCc2ccccc2)C(c2cccs2)NC(=S)N1. The predicted molar refractivity (Wildman–Crippen MR) is 94.9 cm³/mol. The van der Waals surface area contributed by atoms with Crippen LogP contribution in [0.25, 0.3) is 0 Å². The molecule has 1 unspecified atom stereocenters. The zero-order valence-corrected chi connectivity index (χ0v) is 14.2. The summed E-state index contributed by atoms with van der Waals surface area (Å²) in [5.74, 6) is -0.341. The lowest BCUT2D eigenvalue weighted by Crippen LogP contribution is -2.44. The molecule has 0 spiro atoms. The average molecular weight is 344 g/mol. The Labute approximate surface area is 144 Å². The minimum Gasteiger partial charge on any atom is -0.457 e. The Hall–Kier alpha value is -2.18. The maximum atomic E-state index is 12.6. The second kappa shape index (κ2) is 6.93. The zero-order valence-electron chi connectivity index (χ0n) is 12.5. The van der Waals surface area contributed by atoms with Gasteiger partial charge < -0.3 is 15.4 Å². The minimum atomic E-state index is -0.341. The van der Waals surface area contributed by atoms with Crippen molar-refractivity contribution < 1.29 is 9.53 Å². The number of thiocarbonyl (C=S) groups is 1. The van der Waals surface area contributed by atoms with Gasteiger partial charge in [-0.1, -0.05) is 36.4 Å². The molecule has 2 N–H and O–H groups in total. The lowest BCUT2D eigenvalue weighted by molar-refractivity contribution is -0.140. The van der Waals surface area contributed by atoms with Crippen molar-refractivity contribution in [2.24, 2.45) is 0 Å². The number of allylic oxidation sites excluding steroid dienone is 1. The first-order valence-corrected chi connectivity index (χ1v) is 8.46. The van der Waals surface area contributed by atoms with E-state index in [0.717, 1.165) is 16.1 Å². The first-order chi connectivity index (χ1) is 11.1. The van der Waals surface area contributed by atoms with E-state index >= 15 is 0 Å². The molecule has 1 aromatic heterocycles. The van der Waals surface area contributed by atoms with Crippen LogP contribution in [0.2, 0.25) is 0 Å². The van der Waals surface area contributed by atoms with E-state index < -0.39 is 0 Å². The molecular formula is C17H16N2O2S2. The highest BCUT2D eigenvalue weighted by atomic mass is 32.1. The number of hydrogen-bond acceptors (Lipinski definition) is 4. The van der Waals surface area contributed by atoms with Crippen molar-refractivity contribution in [1.29, 1.82) is 0 Å². The van der Waals surface area contributed by atoms with E-state index in [2.05, 4.69) is 10.6 Å². The summed E-state index contributed by atoms with van der Waals surface area (Å²) in [6.45, 7) is 2.09. The topological polar surface area (TPSA) is 50.4 Å². The number of ether oxygens (including phenoxy) is 1. The van der Waals surface area contributed by atoms with E-state index in [1.807, 2.05) is 54.8 Å². The van der Waals surface area contributed by atoms with Crippen LogP contribution in [0, 0.1) is 0 Å². The van der Waals surface area contributed by atoms with Gasteiger partial charge >= 0.3 is 5.97 Å². The fourth-order valence-electron chi connectivity index (χ4n) is 2.43. The molecule has 1 aromatic carbocycles. The monoisotopic (exact) mass is 344 g/mol. The first-order valence-electron chi connectivity index (χ1n) is 7.18. The van der Waals surface area contributed by atoms with Crippen molar-refractivity contribution in [3.8, 4) is 0 Å². The van der Waals surface area contributed by atoms with Gasteiger partial charge in [0.15, 0.2) is 5.11 Å². The van der Waals surface area contributed by atoms with Gasteiger partial charge in [-0.2, -0.15) is 0 Å². The Morgan fingerprint density at radius 3 is 2.74 bits per heavy atom. The molecule has 0 aliphatic carbocycles. The van der Waals surface area contributed by atoms with Gasteiger partial charge in [0.25, 0.3) is 0 Å². The number of carbonyl (C=O) groups is 1. The number of thiophene rings is 1. The molecule has 0 saturated carbocycles. The molecule has 118 valence electrons. The lowest BCUT2D eigenvalue weighted by atomic mass is 10.0. The van der Waals surface area contributed by atoms with E-state index in [-0.39, 0.29) is 18.6 Å². The maximum Gasteiger partial charge on any atom is 0.338 e. The van der Waals surface area contributed by atoms with Gasteiger partial charge in [0, 0.05) is 10.6 Å². The van der Waals surface area contributed by atoms with Crippen molar-refractivity contribution in [2.75, 3.05) is 0 Å². The van der Waals surface area contributed by atoms with Crippen LogP contribution >= 0.6 is 23.6 Å². The fourth-order valence-corrected chi connectivity index (χ4v) is 3.49. The van der Waals surface area contributed by atoms with Gasteiger partial charge in [-0.25, -0.2) is 4.79 Å². The second-order valence-electron chi connectivity index (χ2n) is 5.15. The molecular weight excluding hydrogens is 328 g/mol. The Bertz CT molecular complexity index is 739. The molecule has 0 amide bonds. The highest BCUT2D eigenvalue weighted by molar-refractivity contribution is 7.80. The summed E-state index contributed by atoms with van der Waals surface area (Å²) in [6.07, 6.45) is 0. The number of hydrogen-bond donors (Lipinski definition) is 2. The Morgan fingerprint density at radius 1 is 1.26 bits per heavy atom. The van der Waals surface area contributed by atoms with Gasteiger partial charge in [-0.3, -0.25) is 0 Å². The van der Waals surface area contributed by atoms with Crippen LogP contribution in [0.3, 0.4) is 0 Å². The molecule has 0 bridgehead atoms. The zero-order chi connectivity index (χ0) is 16.2. The van der Waals surface area contributed by atoms with Crippen molar-refractivity contribution in [3.63, 3.8) is 0 Å². The Balaban J connectivity index is 1.81. The number of rotatable bonds is 4. The van der Waals surface area contributed by atoms with Crippen LogP contribution in [0.4, 0.5) is 0 Å². The van der Waals surface area contributed by atoms with E-state index in [4.69, 9.17) is 17.0 Å². The molecule has 1 aliphatic heterocycles. The summed E-state index contributed by atoms with van der Waals surface area (Å²) in [4.78, 5) is 13.6. The molecule has 0 saturated heterocycles. The molecule has 4 nitrogen and oxygen atoms in total. The molecule has 6 heteroatoms. The van der Waals surface area contributed by atoms with Gasteiger partial charge in [0.1, 0.15) is 6.61 Å². The number of nitrogens with one attached hydrogen (secondary N) is 2. The van der Waals surface area contributed by atoms with Crippen LogP contribution in [0.15, 0.2) is 59.1 Å². The normalized spacial score (nSPS) is 17.4. The third-order valence-electron chi connectivity index (χ3n) is 3.53. The van der Waals surface area contributed by atoms with Gasteiger partial charge in [-0.15, -0.1) is 11.3 Å². The average Bonchev–Trinajstić information content (AvgIpc) is 3.07. The van der Waals surface area contributed by atoms with Gasteiger partial charge in [0.05, 0.1) is 11.6 Å². The molecule has 0 fully saturated rings. The van der Waals surface area contributed by atoms with Crippen LogP contribution in [0.5, 0.6) is 0 Å². The lowest BCUT2D eigenvalue weighted by Gasteiger charge is -2.28. The highest BCUT2D eigenvalue weighted by Gasteiger charge is 2.31. The predicted octanol–water partition coefficient (Wildman–Crippen LogP) is 3.28. The molecule has 2 heterocycles. The highest BCUT2D eigenvalue weighted by Crippen LogP contribution is 2.30. The van der Waals surface area contributed by atoms with Crippen molar-refractivity contribution >= 4 is 34.6 Å². The van der Waals surface area contributed by atoms with E-state index in [1.165, 1.54) is 0 Å². The third-order valence-corrected chi connectivity index (χ3v) is 4.69. The van der Waals surface area contributed by atoms with Crippen molar-refractivity contribution in [3.05, 3.63) is 69.6 Å². The molecule has 1 atom stereocenters. The minimum absolute atomic E-state index is 0.248. The standard InChI is InChI=1S/C17H16N2O2S2/c1-11-14(16(20)21-10-12-6-3-2-4-7-12)15(19-17(22)18-11)13-8-5-9-23-13/h2-9,15H,10H2,1H3,(H2,18,19,22). The fraction of sp³-hybridized carbons (Fsp3) is 0.176. The quantitative estimate of drug-likeness (QED) is 0.658.